The van der Waals surface area contributed by atoms with Gasteiger partial charge in [0.15, 0.2) is 0 Å². The smallest absolute Gasteiger partial charge is 0.504 e. The van der Waals surface area contributed by atoms with Crippen LogP contribution in [0.5, 0.6) is 0 Å². The molecule has 0 fully saturated rings. The number of amides is 1. The molecule has 1 amide bonds. The van der Waals surface area contributed by atoms with Gasteiger partial charge in [-0.25, -0.2) is 4.73 Å². The summed E-state index contributed by atoms with van der Waals surface area (Å²) in [5, 5.41) is 26.7. The Balaban J connectivity index is 2.74. The average molecular weight is 284 g/mol. The second kappa shape index (κ2) is 4.77. The van der Waals surface area contributed by atoms with Crippen molar-refractivity contribution < 1.29 is 19.0 Å². The zero-order valence-corrected chi connectivity index (χ0v) is 10.9. The Labute approximate surface area is 113 Å². The van der Waals surface area contributed by atoms with Gasteiger partial charge in [0.05, 0.1) is 7.11 Å². The molecule has 0 radical (unpaired) electrons. The molecule has 2 rings (SSSR count). The molecule has 1 heterocycles. The molecule has 0 atom stereocenters. The molecular weight excluding hydrogens is 274 g/mol. The molecular formula is C11H10ClN3O4. The first-order valence-electron chi connectivity index (χ1n) is 5.25. The number of anilines is 1. The van der Waals surface area contributed by atoms with Crippen molar-refractivity contribution >= 4 is 34.5 Å². The number of nitrogens with zero attached hydrogens (tertiary/aromatic N) is 2. The number of methoxy groups -OCH3 is 1. The third-order valence-corrected chi connectivity index (χ3v) is 2.87. The van der Waals surface area contributed by atoms with E-state index in [9.17, 15) is 15.2 Å². The zero-order valence-electron chi connectivity index (χ0n) is 10.1. The summed E-state index contributed by atoms with van der Waals surface area (Å²) in [6, 6.07) is 4.29. The molecule has 19 heavy (non-hydrogen) atoms. The minimum absolute atomic E-state index is 0.0511. The van der Waals surface area contributed by atoms with Gasteiger partial charge >= 0.3 is 11.9 Å². The van der Waals surface area contributed by atoms with Crippen molar-refractivity contribution in [3.05, 3.63) is 39.3 Å². The Bertz CT molecular complexity index is 675. The molecule has 100 valence electrons. The number of carbonyl (C=O) groups excluding carboxylic acids is 1. The highest BCUT2D eigenvalue weighted by molar-refractivity contribution is 6.31. The highest BCUT2D eigenvalue weighted by Gasteiger charge is 2.25. The Kier molecular flexibility index (Phi) is 3.30. The van der Waals surface area contributed by atoms with Gasteiger partial charge in [-0.15, -0.1) is 0 Å². The highest BCUT2D eigenvalue weighted by Crippen LogP contribution is 2.17. The first-order valence-corrected chi connectivity index (χ1v) is 5.63. The number of fused-ring (bicyclic) bond motifs is 1. The SMILES string of the molecule is COC(=O)Nc1c(C)[n+]([O-])c2ccc(Cl)cc2[n+]1[O-]. The number of halogens is 1. The summed E-state index contributed by atoms with van der Waals surface area (Å²) in [4.78, 5) is 11.2. The van der Waals surface area contributed by atoms with Gasteiger partial charge in [0.25, 0.3) is 11.2 Å². The molecule has 1 aromatic carbocycles. The van der Waals surface area contributed by atoms with Crippen LogP contribution in [0.15, 0.2) is 18.2 Å². The first kappa shape index (κ1) is 13.2. The molecule has 0 aliphatic carbocycles. The largest absolute Gasteiger partial charge is 0.710 e. The lowest BCUT2D eigenvalue weighted by Gasteiger charge is -2.13. The Hall–Kier alpha value is -2.28. The fourth-order valence-electron chi connectivity index (χ4n) is 1.66. The van der Waals surface area contributed by atoms with Crippen LogP contribution in [0, 0.1) is 17.3 Å². The zero-order chi connectivity index (χ0) is 14.2. The number of ether oxygens (including phenoxy) is 1. The minimum Gasteiger partial charge on any atom is -0.710 e. The third kappa shape index (κ3) is 2.19. The van der Waals surface area contributed by atoms with Crippen LogP contribution in [0.2, 0.25) is 5.02 Å². The van der Waals surface area contributed by atoms with E-state index in [4.69, 9.17) is 11.6 Å². The molecule has 8 heteroatoms. The van der Waals surface area contributed by atoms with Gasteiger partial charge in [0, 0.05) is 24.1 Å². The van der Waals surface area contributed by atoms with Crippen molar-refractivity contribution in [1.82, 2.24) is 0 Å². The summed E-state index contributed by atoms with van der Waals surface area (Å²) in [6.07, 6.45) is -0.839. The fraction of sp³-hybridized carbons (Fsp3) is 0.182. The van der Waals surface area contributed by atoms with E-state index in [0.717, 1.165) is 7.11 Å². The fourth-order valence-corrected chi connectivity index (χ4v) is 1.83. The molecule has 7 nitrogen and oxygen atoms in total. The lowest BCUT2D eigenvalue weighted by molar-refractivity contribution is -0.623. The summed E-state index contributed by atoms with van der Waals surface area (Å²) in [5.74, 6) is -0.198. The number of nitrogens with one attached hydrogen (secondary N) is 1. The molecule has 0 saturated carbocycles. The van der Waals surface area contributed by atoms with Crippen molar-refractivity contribution in [1.29, 1.82) is 0 Å². The second-order valence-corrected chi connectivity index (χ2v) is 4.21. The van der Waals surface area contributed by atoms with E-state index in [0.29, 0.717) is 14.5 Å². The average Bonchev–Trinajstić information content (AvgIpc) is 2.40. The van der Waals surface area contributed by atoms with Gasteiger partial charge in [-0.05, 0) is 6.07 Å². The van der Waals surface area contributed by atoms with Crippen molar-refractivity contribution in [2.45, 2.75) is 6.92 Å². The number of hydrogen-bond donors (Lipinski definition) is 1. The van der Waals surface area contributed by atoms with Crippen molar-refractivity contribution in [2.75, 3.05) is 12.4 Å². The van der Waals surface area contributed by atoms with Crippen molar-refractivity contribution in [3.63, 3.8) is 0 Å². The number of benzene rings is 1. The van der Waals surface area contributed by atoms with E-state index in [1.165, 1.54) is 25.1 Å². The van der Waals surface area contributed by atoms with E-state index in [-0.39, 0.29) is 22.5 Å². The molecule has 0 aliphatic rings. The molecule has 0 aliphatic heterocycles. The second-order valence-electron chi connectivity index (χ2n) is 3.77. The van der Waals surface area contributed by atoms with E-state index >= 15 is 0 Å². The highest BCUT2D eigenvalue weighted by atomic mass is 35.5. The van der Waals surface area contributed by atoms with Crippen LogP contribution in [-0.2, 0) is 4.74 Å². The Morgan fingerprint density at radius 1 is 1.32 bits per heavy atom. The van der Waals surface area contributed by atoms with Gasteiger partial charge in [-0.3, -0.25) is 0 Å². The third-order valence-electron chi connectivity index (χ3n) is 2.63. The number of aromatic nitrogens is 2. The van der Waals surface area contributed by atoms with Crippen LogP contribution in [0.4, 0.5) is 10.6 Å². The maximum Gasteiger partial charge on any atom is 0.504 e. The Morgan fingerprint density at radius 2 is 2.00 bits per heavy atom. The predicted molar refractivity (Wildman–Crippen MR) is 67.6 cm³/mol. The van der Waals surface area contributed by atoms with E-state index in [2.05, 4.69) is 10.1 Å². The molecule has 1 N–H and O–H groups in total. The van der Waals surface area contributed by atoms with Crippen LogP contribution < -0.4 is 14.8 Å². The Morgan fingerprint density at radius 3 is 2.63 bits per heavy atom. The van der Waals surface area contributed by atoms with Gasteiger partial charge in [0.2, 0.25) is 5.52 Å². The normalized spacial score (nSPS) is 10.5. The van der Waals surface area contributed by atoms with Gasteiger partial charge < -0.3 is 15.2 Å². The van der Waals surface area contributed by atoms with Gasteiger partial charge in [-0.2, -0.15) is 14.8 Å². The van der Waals surface area contributed by atoms with Crippen LogP contribution in [0.3, 0.4) is 0 Å². The standard InChI is InChI=1S/C11H10ClN3O4/c1-6-10(13-11(16)19-2)15(18)9-5-7(12)3-4-8(9)14(6)17/h3-5H,1-2H3,(H,13,16). The molecule has 0 spiro atoms. The van der Waals surface area contributed by atoms with Crippen LogP contribution in [0.25, 0.3) is 11.0 Å². The van der Waals surface area contributed by atoms with Crippen molar-refractivity contribution in [2.24, 2.45) is 0 Å². The molecule has 0 bridgehead atoms. The predicted octanol–water partition coefficient (Wildman–Crippen LogP) is 1.25. The van der Waals surface area contributed by atoms with Crippen molar-refractivity contribution in [3.8, 4) is 0 Å². The van der Waals surface area contributed by atoms with Crippen LogP contribution in [-0.4, -0.2) is 13.2 Å². The van der Waals surface area contributed by atoms with Crippen LogP contribution in [0.1, 0.15) is 5.69 Å². The van der Waals surface area contributed by atoms with E-state index in [1.807, 2.05) is 0 Å². The van der Waals surface area contributed by atoms with Crippen LogP contribution >= 0.6 is 11.6 Å². The van der Waals surface area contributed by atoms with Gasteiger partial charge in [0.1, 0.15) is 0 Å². The quantitative estimate of drug-likeness (QED) is 0.629. The van der Waals surface area contributed by atoms with E-state index in [1.54, 1.807) is 0 Å². The summed E-state index contributed by atoms with van der Waals surface area (Å²) in [7, 11) is 1.16. The first-order chi connectivity index (χ1) is 8.95. The summed E-state index contributed by atoms with van der Waals surface area (Å²) in [5.41, 5.74) is 0.266. The summed E-state index contributed by atoms with van der Waals surface area (Å²) >= 11 is 5.79. The van der Waals surface area contributed by atoms with Gasteiger partial charge in [-0.1, -0.05) is 11.6 Å². The lowest BCUT2D eigenvalue weighted by Crippen LogP contribution is -2.44. The maximum atomic E-state index is 12.1. The summed E-state index contributed by atoms with van der Waals surface area (Å²) in [6.45, 7) is 1.42. The molecule has 1 aromatic heterocycles. The summed E-state index contributed by atoms with van der Waals surface area (Å²) < 4.78 is 5.38. The topological polar surface area (TPSA) is 92.2 Å². The maximum absolute atomic E-state index is 12.1. The minimum atomic E-state index is -0.839. The number of hydrogen-bond acceptors (Lipinski definition) is 4. The monoisotopic (exact) mass is 283 g/mol. The lowest BCUT2D eigenvalue weighted by atomic mass is 10.3. The number of rotatable bonds is 1. The molecule has 2 aromatic rings. The van der Waals surface area contributed by atoms with E-state index < -0.39 is 6.09 Å². The molecule has 0 saturated heterocycles. The number of carbonyl (C=O) groups is 1. The molecule has 0 unspecified atom stereocenters.